The molecule has 2 atom stereocenters. The maximum absolute atomic E-state index is 13.8. The van der Waals surface area contributed by atoms with E-state index in [9.17, 15) is 17.9 Å². The molecule has 2 aromatic carbocycles. The van der Waals surface area contributed by atoms with E-state index in [2.05, 4.69) is 11.8 Å². The molecule has 2 heterocycles. The van der Waals surface area contributed by atoms with Crippen LogP contribution >= 0.6 is 11.6 Å². The van der Waals surface area contributed by atoms with E-state index >= 15 is 0 Å². The van der Waals surface area contributed by atoms with Crippen LogP contribution in [0.5, 0.6) is 5.75 Å². The fourth-order valence-corrected chi connectivity index (χ4v) is 6.25. The molecule has 0 bridgehead atoms. The highest BCUT2D eigenvalue weighted by Crippen LogP contribution is 2.43. The van der Waals surface area contributed by atoms with Crippen LogP contribution in [0.25, 0.3) is 0 Å². The number of likely N-dealkylation sites (tertiary alicyclic amines) is 1. The molecule has 1 N–H and O–H groups in total. The number of hydrogen-bond donors (Lipinski definition) is 1. The lowest BCUT2D eigenvalue weighted by atomic mass is 9.83. The fourth-order valence-electron chi connectivity index (χ4n) is 4.36. The first-order valence-corrected chi connectivity index (χ1v) is 11.3. The van der Waals surface area contributed by atoms with Crippen molar-refractivity contribution in [1.29, 1.82) is 0 Å². The molecule has 154 valence electrons. The molecular formula is C21H22ClFN2O3S. The van der Waals surface area contributed by atoms with Gasteiger partial charge in [0.05, 0.1) is 16.2 Å². The van der Waals surface area contributed by atoms with Crippen molar-refractivity contribution in [2.45, 2.75) is 37.9 Å². The summed E-state index contributed by atoms with van der Waals surface area (Å²) in [4.78, 5) is 2.26. The van der Waals surface area contributed by atoms with Crippen LogP contribution in [0.3, 0.4) is 0 Å². The number of nitrogens with zero attached hydrogens (tertiary/aromatic N) is 2. The maximum atomic E-state index is 13.8. The van der Waals surface area contributed by atoms with Gasteiger partial charge in [-0.15, -0.1) is 0 Å². The molecule has 0 aromatic heterocycles. The summed E-state index contributed by atoms with van der Waals surface area (Å²) in [5, 5.41) is 11.2. The van der Waals surface area contributed by atoms with E-state index in [1.54, 1.807) is 24.3 Å². The molecule has 29 heavy (non-hydrogen) atoms. The van der Waals surface area contributed by atoms with Gasteiger partial charge in [0.2, 0.25) is 0 Å². The van der Waals surface area contributed by atoms with Gasteiger partial charge >= 0.3 is 0 Å². The summed E-state index contributed by atoms with van der Waals surface area (Å²) in [5.74, 6) is -0.414. The Morgan fingerprint density at radius 2 is 2.07 bits per heavy atom. The van der Waals surface area contributed by atoms with Crippen molar-refractivity contribution in [3.8, 4) is 5.75 Å². The van der Waals surface area contributed by atoms with Crippen molar-refractivity contribution in [3.05, 3.63) is 70.4 Å². The Hall–Kier alpha value is -2.09. The largest absolute Gasteiger partial charge is 0.506 e. The number of phenols is 1. The molecule has 4 rings (SSSR count). The molecule has 2 aliphatic heterocycles. The number of hydrogen-bond acceptors (Lipinski definition) is 4. The quantitative estimate of drug-likeness (QED) is 0.780. The normalized spacial score (nSPS) is 26.3. The zero-order valence-corrected chi connectivity index (χ0v) is 17.5. The standard InChI is InChI=1S/C21H22ClFN2O3S/c1-15-13-21(7-9-24(15)14-16-5-6-20(26)19(22)11-16)8-10-29(27,28)25(21)18-4-2-3-17(23)12-18/h2-6,8,10-12,15,26H,7,9,13-14H2,1H3/t15-,21-/m0/s1. The van der Waals surface area contributed by atoms with Crippen LogP contribution in [0.15, 0.2) is 53.9 Å². The lowest BCUT2D eigenvalue weighted by Gasteiger charge is -2.47. The van der Waals surface area contributed by atoms with E-state index in [0.29, 0.717) is 36.6 Å². The fraction of sp³-hybridized carbons (Fsp3) is 0.333. The third kappa shape index (κ3) is 3.74. The Kier molecular flexibility index (Phi) is 5.09. The zero-order valence-electron chi connectivity index (χ0n) is 15.9. The first-order valence-electron chi connectivity index (χ1n) is 9.42. The van der Waals surface area contributed by atoms with E-state index in [4.69, 9.17) is 11.6 Å². The van der Waals surface area contributed by atoms with Gasteiger partial charge in [0.15, 0.2) is 0 Å². The Balaban J connectivity index is 1.58. The average Bonchev–Trinajstić information content (AvgIpc) is 2.91. The summed E-state index contributed by atoms with van der Waals surface area (Å²) in [5.41, 5.74) is 0.628. The average molecular weight is 437 g/mol. The smallest absolute Gasteiger partial charge is 0.258 e. The van der Waals surface area contributed by atoms with Gasteiger partial charge in [-0.1, -0.05) is 23.7 Å². The number of sulfonamides is 1. The molecule has 1 spiro atoms. The second-order valence-corrected chi connectivity index (χ2v) is 9.83. The molecule has 0 amide bonds. The lowest BCUT2D eigenvalue weighted by Crippen LogP contribution is -2.56. The monoisotopic (exact) mass is 436 g/mol. The minimum Gasteiger partial charge on any atom is -0.506 e. The summed E-state index contributed by atoms with van der Waals surface area (Å²) < 4.78 is 40.7. The molecule has 2 aliphatic rings. The number of rotatable bonds is 3. The minimum atomic E-state index is -3.65. The number of piperidine rings is 1. The topological polar surface area (TPSA) is 60.9 Å². The van der Waals surface area contributed by atoms with Crippen molar-refractivity contribution < 1.29 is 17.9 Å². The molecule has 0 aliphatic carbocycles. The van der Waals surface area contributed by atoms with Crippen LogP contribution in [0, 0.1) is 5.82 Å². The van der Waals surface area contributed by atoms with Crippen LogP contribution in [-0.4, -0.2) is 36.5 Å². The van der Waals surface area contributed by atoms with Gasteiger partial charge in [0.25, 0.3) is 10.0 Å². The summed E-state index contributed by atoms with van der Waals surface area (Å²) in [7, 11) is -3.65. The van der Waals surface area contributed by atoms with Crippen molar-refractivity contribution in [3.63, 3.8) is 0 Å². The Labute approximate surface area is 175 Å². The molecule has 8 heteroatoms. The third-order valence-corrected chi connectivity index (χ3v) is 7.62. The highest BCUT2D eigenvalue weighted by molar-refractivity contribution is 7.96. The van der Waals surface area contributed by atoms with Gasteiger partial charge in [0.1, 0.15) is 11.6 Å². The number of benzene rings is 2. The van der Waals surface area contributed by atoms with Gasteiger partial charge in [-0.2, -0.15) is 0 Å². The maximum Gasteiger partial charge on any atom is 0.258 e. The zero-order chi connectivity index (χ0) is 20.8. The number of phenolic OH excluding ortho intramolecular Hbond substituents is 1. The molecule has 1 saturated heterocycles. The van der Waals surface area contributed by atoms with Gasteiger partial charge in [-0.05, 0) is 61.7 Å². The molecular weight excluding hydrogens is 415 g/mol. The van der Waals surface area contributed by atoms with Gasteiger partial charge in [0, 0.05) is 24.5 Å². The van der Waals surface area contributed by atoms with Gasteiger partial charge in [-0.3, -0.25) is 9.21 Å². The first kappa shape index (κ1) is 20.2. The minimum absolute atomic E-state index is 0.0492. The Morgan fingerprint density at radius 3 is 2.76 bits per heavy atom. The van der Waals surface area contributed by atoms with Crippen molar-refractivity contribution >= 4 is 27.3 Å². The van der Waals surface area contributed by atoms with Crippen LogP contribution in [0.1, 0.15) is 25.3 Å². The highest BCUT2D eigenvalue weighted by Gasteiger charge is 2.49. The van der Waals surface area contributed by atoms with Crippen LogP contribution in [0.4, 0.5) is 10.1 Å². The SMILES string of the molecule is C[C@H]1C[C@@]2(C=CS(=O)(=O)N2c2cccc(F)c2)CCN1Cc1ccc(O)c(Cl)c1. The third-order valence-electron chi connectivity index (χ3n) is 5.75. The first-order chi connectivity index (χ1) is 13.7. The molecule has 5 nitrogen and oxygen atoms in total. The summed E-state index contributed by atoms with van der Waals surface area (Å²) in [6, 6.07) is 11.0. The van der Waals surface area contributed by atoms with Gasteiger partial charge in [-0.25, -0.2) is 12.8 Å². The lowest BCUT2D eigenvalue weighted by molar-refractivity contribution is 0.119. The van der Waals surface area contributed by atoms with Crippen molar-refractivity contribution in [1.82, 2.24) is 4.90 Å². The number of aromatic hydroxyl groups is 1. The Morgan fingerprint density at radius 1 is 1.28 bits per heavy atom. The van der Waals surface area contributed by atoms with Crippen LogP contribution in [0.2, 0.25) is 5.02 Å². The molecule has 0 saturated carbocycles. The summed E-state index contributed by atoms with van der Waals surface area (Å²) in [6.45, 7) is 3.38. The summed E-state index contributed by atoms with van der Waals surface area (Å²) >= 11 is 6.02. The van der Waals surface area contributed by atoms with E-state index in [1.165, 1.54) is 27.9 Å². The second kappa shape index (κ2) is 7.31. The predicted molar refractivity (Wildman–Crippen MR) is 112 cm³/mol. The van der Waals surface area contributed by atoms with Crippen molar-refractivity contribution in [2.24, 2.45) is 0 Å². The van der Waals surface area contributed by atoms with E-state index in [-0.39, 0.29) is 11.8 Å². The molecule has 0 unspecified atom stereocenters. The molecule has 0 radical (unpaired) electrons. The summed E-state index contributed by atoms with van der Waals surface area (Å²) in [6.07, 6.45) is 2.93. The second-order valence-electron chi connectivity index (χ2n) is 7.75. The number of anilines is 1. The van der Waals surface area contributed by atoms with E-state index < -0.39 is 21.4 Å². The van der Waals surface area contributed by atoms with Crippen LogP contribution < -0.4 is 4.31 Å². The molecule has 1 fully saturated rings. The number of halogens is 2. The van der Waals surface area contributed by atoms with E-state index in [1.807, 2.05) is 6.07 Å². The van der Waals surface area contributed by atoms with E-state index in [0.717, 1.165) is 5.56 Å². The van der Waals surface area contributed by atoms with Crippen LogP contribution in [-0.2, 0) is 16.6 Å². The highest BCUT2D eigenvalue weighted by atomic mass is 35.5. The molecule has 2 aromatic rings. The van der Waals surface area contributed by atoms with Crippen molar-refractivity contribution in [2.75, 3.05) is 10.8 Å². The van der Waals surface area contributed by atoms with Gasteiger partial charge < -0.3 is 5.11 Å². The predicted octanol–water partition coefficient (Wildman–Crippen LogP) is 4.27. The Bertz CT molecular complexity index is 1080.